The molecule has 0 spiro atoms. The van der Waals surface area contributed by atoms with Gasteiger partial charge in [-0.25, -0.2) is 0 Å². The number of benzene rings is 1. The van der Waals surface area contributed by atoms with Crippen molar-refractivity contribution in [3.05, 3.63) is 69.5 Å². The van der Waals surface area contributed by atoms with Gasteiger partial charge in [0.15, 0.2) is 0 Å². The molecule has 4 amide bonds. The van der Waals surface area contributed by atoms with E-state index in [1.807, 2.05) is 0 Å². The maximum Gasteiger partial charge on any atom is 0.270 e. The minimum Gasteiger partial charge on any atom is -0.354 e. The second kappa shape index (κ2) is 9.57. The van der Waals surface area contributed by atoms with Crippen LogP contribution in [0.5, 0.6) is 0 Å². The van der Waals surface area contributed by atoms with Crippen LogP contribution in [0.15, 0.2) is 42.7 Å². The topological polar surface area (TPSA) is 152 Å². The number of fused-ring (bicyclic) bond motifs is 1. The lowest BCUT2D eigenvalue weighted by molar-refractivity contribution is -0.384. The number of aromatic nitrogens is 1. The molecule has 2 N–H and O–H groups in total. The van der Waals surface area contributed by atoms with Crippen LogP contribution in [0.2, 0.25) is 0 Å². The first kappa shape index (κ1) is 21.6. The number of imide groups is 1. The number of non-ortho nitro benzene ring substituents is 1. The van der Waals surface area contributed by atoms with Crippen molar-refractivity contribution in [1.29, 1.82) is 0 Å². The first-order valence-electron chi connectivity index (χ1n) is 9.48. The van der Waals surface area contributed by atoms with E-state index in [1.54, 1.807) is 12.1 Å². The van der Waals surface area contributed by atoms with Gasteiger partial charge >= 0.3 is 0 Å². The van der Waals surface area contributed by atoms with Crippen molar-refractivity contribution >= 4 is 29.3 Å². The molecular formula is C20H19N5O6. The number of carbonyl (C=O) groups excluding carboxylic acids is 4. The Morgan fingerprint density at radius 3 is 2.39 bits per heavy atom. The van der Waals surface area contributed by atoms with Crippen molar-refractivity contribution in [2.24, 2.45) is 0 Å². The molecule has 0 fully saturated rings. The highest BCUT2D eigenvalue weighted by Crippen LogP contribution is 2.26. The summed E-state index contributed by atoms with van der Waals surface area (Å²) in [4.78, 5) is 63.6. The summed E-state index contributed by atoms with van der Waals surface area (Å²) < 4.78 is 0. The fourth-order valence-corrected chi connectivity index (χ4v) is 3.06. The van der Waals surface area contributed by atoms with Gasteiger partial charge in [0.05, 0.1) is 16.1 Å². The van der Waals surface area contributed by atoms with Gasteiger partial charge < -0.3 is 10.6 Å². The second-order valence-electron chi connectivity index (χ2n) is 6.69. The lowest BCUT2D eigenvalue weighted by Gasteiger charge is -2.13. The van der Waals surface area contributed by atoms with Gasteiger partial charge in [0.2, 0.25) is 5.91 Å². The molecule has 11 heteroatoms. The molecule has 3 rings (SSSR count). The van der Waals surface area contributed by atoms with Crippen molar-refractivity contribution in [2.45, 2.75) is 12.8 Å². The number of nitrogens with zero attached hydrogens (tertiary/aromatic N) is 3. The minimum absolute atomic E-state index is 0.00593. The Morgan fingerprint density at radius 2 is 1.68 bits per heavy atom. The van der Waals surface area contributed by atoms with E-state index in [4.69, 9.17) is 0 Å². The molecule has 160 valence electrons. The zero-order valence-electron chi connectivity index (χ0n) is 16.4. The number of nitro groups is 1. The van der Waals surface area contributed by atoms with Crippen molar-refractivity contribution in [3.8, 4) is 0 Å². The molecular weight excluding hydrogens is 406 g/mol. The van der Waals surface area contributed by atoms with Gasteiger partial charge in [0, 0.05) is 56.1 Å². The fourth-order valence-electron chi connectivity index (χ4n) is 3.06. The van der Waals surface area contributed by atoms with Crippen LogP contribution in [0.3, 0.4) is 0 Å². The highest BCUT2D eigenvalue weighted by atomic mass is 16.6. The lowest BCUT2D eigenvalue weighted by atomic mass is 10.1. The zero-order valence-corrected chi connectivity index (χ0v) is 16.4. The van der Waals surface area contributed by atoms with E-state index >= 15 is 0 Å². The second-order valence-corrected chi connectivity index (χ2v) is 6.69. The number of carbonyl (C=O) groups is 4. The predicted molar refractivity (Wildman–Crippen MR) is 107 cm³/mol. The van der Waals surface area contributed by atoms with E-state index in [-0.39, 0.29) is 61.1 Å². The number of pyridine rings is 1. The molecule has 31 heavy (non-hydrogen) atoms. The average molecular weight is 425 g/mol. The fraction of sp³-hybridized carbons (Fsp3) is 0.250. The van der Waals surface area contributed by atoms with E-state index in [9.17, 15) is 29.3 Å². The van der Waals surface area contributed by atoms with Crippen molar-refractivity contribution in [3.63, 3.8) is 0 Å². The summed E-state index contributed by atoms with van der Waals surface area (Å²) in [6.07, 6.45) is 3.33. The van der Waals surface area contributed by atoms with Gasteiger partial charge in [0.1, 0.15) is 0 Å². The van der Waals surface area contributed by atoms with Gasteiger partial charge in [-0.1, -0.05) is 0 Å². The van der Waals surface area contributed by atoms with Gasteiger partial charge in [0.25, 0.3) is 23.4 Å². The van der Waals surface area contributed by atoms with E-state index in [2.05, 4.69) is 15.6 Å². The molecule has 1 aromatic carbocycles. The molecule has 0 radical (unpaired) electrons. The van der Waals surface area contributed by atoms with Gasteiger partial charge in [-0.3, -0.25) is 39.2 Å². The number of amides is 4. The zero-order chi connectivity index (χ0) is 22.4. The van der Waals surface area contributed by atoms with Crippen LogP contribution in [0, 0.1) is 10.1 Å². The van der Waals surface area contributed by atoms with Gasteiger partial charge in [-0.15, -0.1) is 0 Å². The Labute approximate surface area is 176 Å². The summed E-state index contributed by atoms with van der Waals surface area (Å²) in [6.45, 7) is 0.489. The maximum atomic E-state index is 12.4. The quantitative estimate of drug-likeness (QED) is 0.262. The number of hydrogen-bond acceptors (Lipinski definition) is 7. The molecule has 0 saturated heterocycles. The minimum atomic E-state index is -0.634. The van der Waals surface area contributed by atoms with Crippen LogP contribution in [0.1, 0.15) is 43.9 Å². The first-order chi connectivity index (χ1) is 14.9. The van der Waals surface area contributed by atoms with E-state index < -0.39 is 16.7 Å². The third-order valence-electron chi connectivity index (χ3n) is 4.63. The summed E-state index contributed by atoms with van der Waals surface area (Å²) in [5, 5.41) is 16.2. The lowest BCUT2D eigenvalue weighted by Crippen LogP contribution is -2.35. The molecule has 1 aromatic heterocycles. The Balaban J connectivity index is 1.39. The average Bonchev–Trinajstić information content (AvgIpc) is 3.01. The molecule has 0 aliphatic carbocycles. The van der Waals surface area contributed by atoms with Crippen LogP contribution in [0.25, 0.3) is 0 Å². The Morgan fingerprint density at radius 1 is 1.00 bits per heavy atom. The van der Waals surface area contributed by atoms with Gasteiger partial charge in [-0.05, 0) is 24.6 Å². The highest BCUT2D eigenvalue weighted by molar-refractivity contribution is 6.21. The third kappa shape index (κ3) is 5.07. The van der Waals surface area contributed by atoms with Crippen LogP contribution in [-0.4, -0.2) is 58.1 Å². The van der Waals surface area contributed by atoms with Crippen molar-refractivity contribution < 1.29 is 24.1 Å². The van der Waals surface area contributed by atoms with E-state index in [0.29, 0.717) is 5.56 Å². The summed E-state index contributed by atoms with van der Waals surface area (Å²) >= 11 is 0. The molecule has 2 aromatic rings. The molecule has 2 heterocycles. The molecule has 0 atom stereocenters. The monoisotopic (exact) mass is 425 g/mol. The van der Waals surface area contributed by atoms with Gasteiger partial charge in [-0.2, -0.15) is 0 Å². The largest absolute Gasteiger partial charge is 0.354 e. The highest BCUT2D eigenvalue weighted by Gasteiger charge is 2.36. The van der Waals surface area contributed by atoms with E-state index in [0.717, 1.165) is 11.0 Å². The number of nitro benzene ring substituents is 1. The molecule has 0 bridgehead atoms. The predicted octanol–water partition coefficient (Wildman–Crippen LogP) is 0.912. The van der Waals surface area contributed by atoms with Crippen LogP contribution < -0.4 is 10.6 Å². The van der Waals surface area contributed by atoms with Crippen LogP contribution in [-0.2, 0) is 4.79 Å². The molecule has 1 aliphatic rings. The summed E-state index contributed by atoms with van der Waals surface area (Å²) in [5.41, 5.74) is 0.309. The summed E-state index contributed by atoms with van der Waals surface area (Å²) in [5.74, 6) is -1.70. The van der Waals surface area contributed by atoms with Crippen LogP contribution >= 0.6 is 0 Å². The van der Waals surface area contributed by atoms with Crippen molar-refractivity contribution in [2.75, 3.05) is 19.6 Å². The smallest absolute Gasteiger partial charge is 0.270 e. The number of nitrogens with one attached hydrogen (secondary N) is 2. The molecule has 0 saturated carbocycles. The molecule has 1 aliphatic heterocycles. The SMILES string of the molecule is O=C(CCCN1C(=O)c2ccc([N+](=O)[O-])cc2C1=O)NCCNC(=O)c1ccncc1. The molecule has 0 unspecified atom stereocenters. The summed E-state index contributed by atoms with van der Waals surface area (Å²) in [7, 11) is 0. The Bertz CT molecular complexity index is 1040. The Kier molecular flexibility index (Phi) is 6.65. The molecule has 11 nitrogen and oxygen atoms in total. The first-order valence-corrected chi connectivity index (χ1v) is 9.48. The third-order valence-corrected chi connectivity index (χ3v) is 4.63. The standard InChI is InChI=1S/C20H19N5O6/c26-17(22-9-10-23-18(27)13-5-7-21-8-6-13)2-1-11-24-19(28)15-4-3-14(25(30)31)12-16(15)20(24)29/h3-8,12H,1-2,9-11H2,(H,22,26)(H,23,27). The number of rotatable bonds is 9. The normalized spacial score (nSPS) is 12.5. The summed E-state index contributed by atoms with van der Waals surface area (Å²) in [6, 6.07) is 6.67. The number of hydrogen-bond donors (Lipinski definition) is 2. The van der Waals surface area contributed by atoms with Crippen LogP contribution in [0.4, 0.5) is 5.69 Å². The van der Waals surface area contributed by atoms with Crippen molar-refractivity contribution in [1.82, 2.24) is 20.5 Å². The Hall–Kier alpha value is -4.15. The maximum absolute atomic E-state index is 12.4. The van der Waals surface area contributed by atoms with E-state index in [1.165, 1.54) is 24.5 Å².